The Balaban J connectivity index is 1.85. The average molecular weight is 289 g/mol. The average Bonchev–Trinajstić information content (AvgIpc) is 2.40. The molecule has 0 atom stereocenters. The van der Waals surface area contributed by atoms with E-state index in [1.165, 1.54) is 31.5 Å². The number of carbonyl (C=O) groups is 1. The molecule has 1 fully saturated rings. The number of hydrogen-bond acceptors (Lipinski definition) is 2. The van der Waals surface area contributed by atoms with Crippen molar-refractivity contribution in [1.82, 2.24) is 4.90 Å². The van der Waals surface area contributed by atoms with Crippen molar-refractivity contribution in [3.8, 4) is 0 Å². The van der Waals surface area contributed by atoms with Crippen LogP contribution in [0.5, 0.6) is 0 Å². The van der Waals surface area contributed by atoms with Gasteiger partial charge in [-0.05, 0) is 48.4 Å². The van der Waals surface area contributed by atoms with E-state index in [4.69, 9.17) is 5.11 Å². The van der Waals surface area contributed by atoms with Crippen LogP contribution < -0.4 is 0 Å². The van der Waals surface area contributed by atoms with E-state index in [-0.39, 0.29) is 6.42 Å². The number of likely N-dealkylation sites (tertiary alicyclic amines) is 1. The van der Waals surface area contributed by atoms with E-state index in [1.807, 2.05) is 12.1 Å². The molecule has 3 heteroatoms. The first-order chi connectivity index (χ1) is 9.84. The summed E-state index contributed by atoms with van der Waals surface area (Å²) in [6.45, 7) is 10.3. The lowest BCUT2D eigenvalue weighted by molar-refractivity contribution is -0.136. The predicted octanol–water partition coefficient (Wildman–Crippen LogP) is 3.57. The maximum atomic E-state index is 10.7. The smallest absolute Gasteiger partial charge is 0.307 e. The third-order valence-electron chi connectivity index (χ3n) is 4.60. The second kappa shape index (κ2) is 6.61. The van der Waals surface area contributed by atoms with Crippen LogP contribution in [0.4, 0.5) is 0 Å². The number of piperidine rings is 1. The highest BCUT2D eigenvalue weighted by molar-refractivity contribution is 5.70. The molecule has 1 aromatic rings. The molecular formula is C18H27NO2. The molecule has 3 nitrogen and oxygen atoms in total. The summed E-state index contributed by atoms with van der Waals surface area (Å²) in [5.41, 5.74) is 2.57. The van der Waals surface area contributed by atoms with E-state index in [2.05, 4.69) is 37.8 Å². The molecule has 116 valence electrons. The van der Waals surface area contributed by atoms with Gasteiger partial charge in [0.15, 0.2) is 0 Å². The van der Waals surface area contributed by atoms with Crippen molar-refractivity contribution in [2.45, 2.75) is 46.6 Å². The minimum atomic E-state index is -0.771. The van der Waals surface area contributed by atoms with Crippen LogP contribution in [0.15, 0.2) is 24.3 Å². The second-order valence-electron chi connectivity index (χ2n) is 7.30. The standard InChI is InChI=1S/C18H27NO2/c1-18(2,3)16-8-10-19(11-9-16)13-15-6-4-14(5-7-15)12-17(20)21/h4-7,16H,8-13H2,1-3H3,(H,20,21). The monoisotopic (exact) mass is 289 g/mol. The van der Waals surface area contributed by atoms with Crippen LogP contribution in [0, 0.1) is 11.3 Å². The normalized spacial score (nSPS) is 17.9. The zero-order valence-electron chi connectivity index (χ0n) is 13.4. The van der Waals surface area contributed by atoms with Gasteiger partial charge in [-0.15, -0.1) is 0 Å². The molecule has 1 saturated heterocycles. The van der Waals surface area contributed by atoms with Crippen LogP contribution in [0.2, 0.25) is 0 Å². The van der Waals surface area contributed by atoms with E-state index in [0.29, 0.717) is 5.41 Å². The lowest BCUT2D eigenvalue weighted by atomic mass is 9.75. The zero-order chi connectivity index (χ0) is 15.5. The first kappa shape index (κ1) is 16.0. The number of carboxylic acid groups (broad SMARTS) is 1. The second-order valence-corrected chi connectivity index (χ2v) is 7.30. The largest absolute Gasteiger partial charge is 0.481 e. The summed E-state index contributed by atoms with van der Waals surface area (Å²) in [5.74, 6) is 0.0543. The van der Waals surface area contributed by atoms with Crippen molar-refractivity contribution in [1.29, 1.82) is 0 Å². The Hall–Kier alpha value is -1.35. The molecule has 0 aliphatic carbocycles. The van der Waals surface area contributed by atoms with E-state index in [0.717, 1.165) is 18.0 Å². The molecule has 21 heavy (non-hydrogen) atoms. The lowest BCUT2D eigenvalue weighted by Crippen LogP contribution is -2.37. The Bertz CT molecular complexity index is 465. The van der Waals surface area contributed by atoms with Crippen molar-refractivity contribution in [3.63, 3.8) is 0 Å². The van der Waals surface area contributed by atoms with Crippen molar-refractivity contribution in [2.75, 3.05) is 13.1 Å². The SMILES string of the molecule is CC(C)(C)C1CCN(Cc2ccc(CC(=O)O)cc2)CC1. The predicted molar refractivity (Wildman–Crippen MR) is 85.2 cm³/mol. The van der Waals surface area contributed by atoms with Gasteiger partial charge < -0.3 is 5.11 Å². The van der Waals surface area contributed by atoms with Gasteiger partial charge >= 0.3 is 5.97 Å². The van der Waals surface area contributed by atoms with E-state index in [9.17, 15) is 4.79 Å². The Morgan fingerprint density at radius 3 is 2.14 bits per heavy atom. The van der Waals surface area contributed by atoms with E-state index in [1.54, 1.807) is 0 Å². The molecule has 0 unspecified atom stereocenters. The highest BCUT2D eigenvalue weighted by atomic mass is 16.4. The minimum Gasteiger partial charge on any atom is -0.481 e. The van der Waals surface area contributed by atoms with Crippen LogP contribution in [0.3, 0.4) is 0 Å². The fraction of sp³-hybridized carbons (Fsp3) is 0.611. The first-order valence-electron chi connectivity index (χ1n) is 7.86. The van der Waals surface area contributed by atoms with Gasteiger partial charge in [-0.3, -0.25) is 9.69 Å². The van der Waals surface area contributed by atoms with Crippen molar-refractivity contribution in [3.05, 3.63) is 35.4 Å². The number of carboxylic acids is 1. The first-order valence-corrected chi connectivity index (χ1v) is 7.86. The summed E-state index contributed by atoms with van der Waals surface area (Å²) >= 11 is 0. The maximum Gasteiger partial charge on any atom is 0.307 e. The summed E-state index contributed by atoms with van der Waals surface area (Å²) < 4.78 is 0. The van der Waals surface area contributed by atoms with Gasteiger partial charge in [0.1, 0.15) is 0 Å². The molecule has 1 aliphatic heterocycles. The van der Waals surface area contributed by atoms with Crippen molar-refractivity contribution < 1.29 is 9.90 Å². The molecular weight excluding hydrogens is 262 g/mol. The van der Waals surface area contributed by atoms with Gasteiger partial charge in [0.05, 0.1) is 6.42 Å². The molecule has 0 spiro atoms. The Morgan fingerprint density at radius 2 is 1.67 bits per heavy atom. The highest BCUT2D eigenvalue weighted by Crippen LogP contribution is 2.34. The summed E-state index contributed by atoms with van der Waals surface area (Å²) in [4.78, 5) is 13.2. The van der Waals surface area contributed by atoms with Crippen molar-refractivity contribution >= 4 is 5.97 Å². The molecule has 1 aromatic carbocycles. The number of rotatable bonds is 4. The third-order valence-corrected chi connectivity index (χ3v) is 4.60. The summed E-state index contributed by atoms with van der Waals surface area (Å²) in [5, 5.41) is 8.78. The minimum absolute atomic E-state index is 0.108. The maximum absolute atomic E-state index is 10.7. The van der Waals surface area contributed by atoms with Crippen molar-refractivity contribution in [2.24, 2.45) is 11.3 Å². The summed E-state index contributed by atoms with van der Waals surface area (Å²) in [6.07, 6.45) is 2.67. The molecule has 0 amide bonds. The summed E-state index contributed by atoms with van der Waals surface area (Å²) in [7, 11) is 0. The Kier molecular flexibility index (Phi) is 5.04. The molecule has 1 N–H and O–H groups in total. The molecule has 0 saturated carbocycles. The number of aliphatic carboxylic acids is 1. The Labute approximate surface area is 128 Å². The zero-order valence-corrected chi connectivity index (χ0v) is 13.4. The Morgan fingerprint density at radius 1 is 1.14 bits per heavy atom. The van der Waals surface area contributed by atoms with Crippen LogP contribution >= 0.6 is 0 Å². The van der Waals surface area contributed by atoms with Gasteiger partial charge in [-0.25, -0.2) is 0 Å². The van der Waals surface area contributed by atoms with Crippen LogP contribution in [-0.4, -0.2) is 29.1 Å². The number of hydrogen-bond donors (Lipinski definition) is 1. The quantitative estimate of drug-likeness (QED) is 0.921. The number of nitrogens with zero attached hydrogens (tertiary/aromatic N) is 1. The van der Waals surface area contributed by atoms with Gasteiger partial charge in [0.2, 0.25) is 0 Å². The van der Waals surface area contributed by atoms with Crippen LogP contribution in [-0.2, 0) is 17.8 Å². The van der Waals surface area contributed by atoms with Gasteiger partial charge in [-0.1, -0.05) is 45.0 Å². The van der Waals surface area contributed by atoms with Crippen LogP contribution in [0.1, 0.15) is 44.7 Å². The molecule has 0 bridgehead atoms. The van der Waals surface area contributed by atoms with Gasteiger partial charge in [-0.2, -0.15) is 0 Å². The highest BCUT2D eigenvalue weighted by Gasteiger charge is 2.28. The van der Waals surface area contributed by atoms with Gasteiger partial charge in [0, 0.05) is 6.54 Å². The molecule has 1 aliphatic rings. The fourth-order valence-electron chi connectivity index (χ4n) is 3.15. The molecule has 2 rings (SSSR count). The van der Waals surface area contributed by atoms with E-state index >= 15 is 0 Å². The number of benzene rings is 1. The van der Waals surface area contributed by atoms with E-state index < -0.39 is 5.97 Å². The fourth-order valence-corrected chi connectivity index (χ4v) is 3.15. The lowest BCUT2D eigenvalue weighted by Gasteiger charge is -2.38. The molecule has 0 radical (unpaired) electrons. The van der Waals surface area contributed by atoms with Crippen LogP contribution in [0.25, 0.3) is 0 Å². The molecule has 0 aromatic heterocycles. The topological polar surface area (TPSA) is 40.5 Å². The molecule has 1 heterocycles. The summed E-state index contributed by atoms with van der Waals surface area (Å²) in [6, 6.07) is 8.00. The van der Waals surface area contributed by atoms with Gasteiger partial charge in [0.25, 0.3) is 0 Å². The third kappa shape index (κ3) is 4.85.